The molecule has 0 unspecified atom stereocenters. The summed E-state index contributed by atoms with van der Waals surface area (Å²) in [5.41, 5.74) is 4.90. The lowest BCUT2D eigenvalue weighted by molar-refractivity contribution is -0.139. The zero-order chi connectivity index (χ0) is 23.8. The molecule has 0 bridgehead atoms. The van der Waals surface area contributed by atoms with Crippen molar-refractivity contribution < 1.29 is 19.1 Å². The molecule has 172 valence electrons. The van der Waals surface area contributed by atoms with Crippen LogP contribution >= 0.6 is 28.1 Å². The molecule has 10 heteroatoms. The molecule has 0 radical (unpaired) electrons. The highest BCUT2D eigenvalue weighted by Gasteiger charge is 2.32. The summed E-state index contributed by atoms with van der Waals surface area (Å²) < 4.78 is 11.8. The molecule has 8 nitrogen and oxygen atoms in total. The number of nitrogens with one attached hydrogen (secondary N) is 3. The topological polar surface area (TPSA) is 101 Å². The molecule has 2 aromatic rings. The van der Waals surface area contributed by atoms with Crippen molar-refractivity contribution in [2.75, 3.05) is 13.2 Å². The van der Waals surface area contributed by atoms with Crippen molar-refractivity contribution in [1.29, 1.82) is 0 Å². The number of rotatable bonds is 8. The Bertz CT molecular complexity index is 1120. The molecule has 1 aliphatic heterocycles. The highest BCUT2D eigenvalue weighted by atomic mass is 79.9. The minimum absolute atomic E-state index is 0.241. The van der Waals surface area contributed by atoms with Gasteiger partial charge in [-0.25, -0.2) is 10.2 Å². The van der Waals surface area contributed by atoms with Crippen molar-refractivity contribution in [3.8, 4) is 5.75 Å². The second-order valence-corrected chi connectivity index (χ2v) is 8.19. The number of amides is 1. The Hall–Kier alpha value is -3.24. The van der Waals surface area contributed by atoms with Crippen LogP contribution in [-0.4, -0.2) is 36.4 Å². The number of halogens is 1. The van der Waals surface area contributed by atoms with E-state index in [9.17, 15) is 9.59 Å². The molecule has 1 amide bonds. The molecule has 0 aromatic heterocycles. The maximum atomic E-state index is 12.6. The van der Waals surface area contributed by atoms with E-state index in [1.54, 1.807) is 32.0 Å². The fraction of sp³-hybridized carbons (Fsp3) is 0.217. The molecule has 3 N–H and O–H groups in total. The standard InChI is InChI=1S/C23H23BrN4O4S/c1-3-31-22(30)20-14(2)26-23(33)27-21(20)16-9-5-7-11-18(16)32-13-19(29)28-25-12-15-8-4-6-10-17(15)24/h4-12,21H,3,13H2,1-2H3,(H,28,29)(H2,26,27,33)/t21-/m0/s1. The van der Waals surface area contributed by atoms with Crippen LogP contribution in [0.4, 0.5) is 0 Å². The number of carbonyl (C=O) groups is 2. The van der Waals surface area contributed by atoms with Gasteiger partial charge in [-0.1, -0.05) is 52.3 Å². The molecule has 1 atom stereocenters. The number of para-hydroxylation sites is 1. The fourth-order valence-corrected chi connectivity index (χ4v) is 3.84. The van der Waals surface area contributed by atoms with Crippen LogP contribution in [-0.2, 0) is 14.3 Å². The fourth-order valence-electron chi connectivity index (χ4n) is 3.19. The second-order valence-electron chi connectivity index (χ2n) is 6.93. The lowest BCUT2D eigenvalue weighted by Gasteiger charge is -2.30. The number of hydrogen-bond acceptors (Lipinski definition) is 6. The molecule has 1 aliphatic rings. The van der Waals surface area contributed by atoms with E-state index in [-0.39, 0.29) is 13.2 Å². The average Bonchev–Trinajstić information content (AvgIpc) is 2.78. The van der Waals surface area contributed by atoms with Crippen LogP contribution < -0.4 is 20.8 Å². The third-order valence-corrected chi connectivity index (χ3v) is 5.59. The van der Waals surface area contributed by atoms with Crippen molar-refractivity contribution in [3.63, 3.8) is 0 Å². The lowest BCUT2D eigenvalue weighted by Crippen LogP contribution is -2.45. The summed E-state index contributed by atoms with van der Waals surface area (Å²) in [4.78, 5) is 24.9. The van der Waals surface area contributed by atoms with Crippen LogP contribution in [0.25, 0.3) is 0 Å². The van der Waals surface area contributed by atoms with E-state index in [1.165, 1.54) is 6.21 Å². The highest BCUT2D eigenvalue weighted by Crippen LogP contribution is 2.33. The van der Waals surface area contributed by atoms with Gasteiger partial charge < -0.3 is 20.1 Å². The van der Waals surface area contributed by atoms with Gasteiger partial charge in [-0.15, -0.1) is 0 Å². The SMILES string of the molecule is CCOC(=O)C1=C(C)NC(=S)N[C@H]1c1ccccc1OCC(=O)NN=Cc1ccccc1Br. The van der Waals surface area contributed by atoms with Crippen LogP contribution in [0, 0.1) is 0 Å². The van der Waals surface area contributed by atoms with Crippen LogP contribution in [0.3, 0.4) is 0 Å². The van der Waals surface area contributed by atoms with Gasteiger partial charge >= 0.3 is 5.97 Å². The molecule has 2 aromatic carbocycles. The predicted octanol–water partition coefficient (Wildman–Crippen LogP) is 3.33. The van der Waals surface area contributed by atoms with Gasteiger partial charge in [0, 0.05) is 21.3 Å². The van der Waals surface area contributed by atoms with E-state index in [0.717, 1.165) is 10.0 Å². The zero-order valence-electron chi connectivity index (χ0n) is 18.1. The average molecular weight is 531 g/mol. The molecule has 1 heterocycles. The number of allylic oxidation sites excluding steroid dienone is 1. The predicted molar refractivity (Wildman–Crippen MR) is 133 cm³/mol. The van der Waals surface area contributed by atoms with E-state index in [4.69, 9.17) is 21.7 Å². The summed E-state index contributed by atoms with van der Waals surface area (Å²) in [6, 6.07) is 14.0. The number of nitrogens with zero attached hydrogens (tertiary/aromatic N) is 1. The summed E-state index contributed by atoms with van der Waals surface area (Å²) >= 11 is 8.70. The van der Waals surface area contributed by atoms with Crippen LogP contribution in [0.15, 0.2) is 69.4 Å². The number of thiocarbonyl (C=S) groups is 1. The molecule has 0 saturated carbocycles. The molecule has 33 heavy (non-hydrogen) atoms. The van der Waals surface area contributed by atoms with Crippen molar-refractivity contribution in [2.45, 2.75) is 19.9 Å². The van der Waals surface area contributed by atoms with Gasteiger partial charge in [-0.3, -0.25) is 4.79 Å². The Morgan fingerprint density at radius 2 is 1.94 bits per heavy atom. The van der Waals surface area contributed by atoms with Crippen LogP contribution in [0.5, 0.6) is 5.75 Å². The molecule has 0 aliphatic carbocycles. The van der Waals surface area contributed by atoms with Gasteiger partial charge in [0.05, 0.1) is 24.4 Å². The van der Waals surface area contributed by atoms with Crippen molar-refractivity contribution in [1.82, 2.24) is 16.1 Å². The van der Waals surface area contributed by atoms with Crippen molar-refractivity contribution in [2.24, 2.45) is 5.10 Å². The van der Waals surface area contributed by atoms with Crippen molar-refractivity contribution in [3.05, 3.63) is 75.4 Å². The van der Waals surface area contributed by atoms with Gasteiger partial charge in [0.2, 0.25) is 0 Å². The van der Waals surface area contributed by atoms with Crippen LogP contribution in [0.1, 0.15) is 31.0 Å². The second kappa shape index (κ2) is 11.6. The maximum Gasteiger partial charge on any atom is 0.338 e. The molecule has 0 spiro atoms. The normalized spacial score (nSPS) is 15.6. The first-order chi connectivity index (χ1) is 15.9. The Kier molecular flexibility index (Phi) is 8.56. The first-order valence-corrected chi connectivity index (χ1v) is 11.3. The third kappa shape index (κ3) is 6.39. The molecular weight excluding hydrogens is 508 g/mol. The highest BCUT2D eigenvalue weighted by molar-refractivity contribution is 9.10. The maximum absolute atomic E-state index is 12.6. The summed E-state index contributed by atoms with van der Waals surface area (Å²) in [6.45, 7) is 3.47. The van der Waals surface area contributed by atoms with Crippen molar-refractivity contribution >= 4 is 51.4 Å². The Morgan fingerprint density at radius 1 is 1.21 bits per heavy atom. The van der Waals surface area contributed by atoms with Crippen LogP contribution in [0.2, 0.25) is 0 Å². The summed E-state index contributed by atoms with van der Waals surface area (Å²) in [5.74, 6) is -0.463. The smallest absolute Gasteiger partial charge is 0.338 e. The van der Waals surface area contributed by atoms with E-state index < -0.39 is 17.9 Å². The Labute approximate surface area is 205 Å². The van der Waals surface area contributed by atoms with Gasteiger partial charge in [0.1, 0.15) is 5.75 Å². The molecular formula is C23H23BrN4O4S. The molecule has 0 fully saturated rings. The van der Waals surface area contributed by atoms with E-state index >= 15 is 0 Å². The summed E-state index contributed by atoms with van der Waals surface area (Å²) in [5, 5.41) is 10.4. The minimum atomic E-state index is -0.592. The van der Waals surface area contributed by atoms with E-state index in [0.29, 0.717) is 27.7 Å². The summed E-state index contributed by atoms with van der Waals surface area (Å²) in [6.07, 6.45) is 1.54. The van der Waals surface area contributed by atoms with Gasteiger partial charge in [0.15, 0.2) is 11.7 Å². The first-order valence-electron chi connectivity index (χ1n) is 10.1. The number of esters is 1. The van der Waals surface area contributed by atoms with E-state index in [1.807, 2.05) is 30.3 Å². The molecule has 0 saturated heterocycles. The van der Waals surface area contributed by atoms with Gasteiger partial charge in [0.25, 0.3) is 5.91 Å². The summed E-state index contributed by atoms with van der Waals surface area (Å²) in [7, 11) is 0. The van der Waals surface area contributed by atoms with E-state index in [2.05, 4.69) is 37.1 Å². The lowest BCUT2D eigenvalue weighted by atomic mass is 9.95. The van der Waals surface area contributed by atoms with Gasteiger partial charge in [-0.05, 0) is 38.2 Å². The zero-order valence-corrected chi connectivity index (χ0v) is 20.5. The largest absolute Gasteiger partial charge is 0.483 e. The first kappa shape index (κ1) is 24.4. The minimum Gasteiger partial charge on any atom is -0.483 e. The number of hydrazone groups is 1. The monoisotopic (exact) mass is 530 g/mol. The number of ether oxygens (including phenoxy) is 2. The number of carbonyl (C=O) groups excluding carboxylic acids is 2. The Balaban J connectivity index is 1.73. The quantitative estimate of drug-likeness (QED) is 0.208. The molecule has 3 rings (SSSR count). The third-order valence-electron chi connectivity index (χ3n) is 4.65. The number of hydrogen-bond donors (Lipinski definition) is 3. The Morgan fingerprint density at radius 3 is 2.70 bits per heavy atom. The number of benzene rings is 2. The van der Waals surface area contributed by atoms with Gasteiger partial charge in [-0.2, -0.15) is 5.10 Å².